The number of hydrogen-bond donors (Lipinski definition) is 1. The number of hydrogen-bond acceptors (Lipinski definition) is 4. The Morgan fingerprint density at radius 1 is 1.20 bits per heavy atom. The van der Waals surface area contributed by atoms with E-state index in [0.717, 1.165) is 16.6 Å². The van der Waals surface area contributed by atoms with E-state index in [-0.39, 0.29) is 6.04 Å². The summed E-state index contributed by atoms with van der Waals surface area (Å²) in [6, 6.07) is 10.6. The van der Waals surface area contributed by atoms with Crippen molar-refractivity contribution in [2.75, 3.05) is 5.32 Å². The molecule has 0 aliphatic rings. The second-order valence-corrected chi connectivity index (χ2v) is 6.47. The number of thiophene rings is 1. The third-order valence-electron chi connectivity index (χ3n) is 3.46. The fourth-order valence-electron chi connectivity index (χ4n) is 2.51. The summed E-state index contributed by atoms with van der Waals surface area (Å²) >= 11 is 1.84. The van der Waals surface area contributed by atoms with Crippen molar-refractivity contribution < 1.29 is 0 Å². The van der Waals surface area contributed by atoms with Gasteiger partial charge in [-0.2, -0.15) is 10.2 Å². The fourth-order valence-corrected chi connectivity index (χ4v) is 3.54. The predicted molar refractivity (Wildman–Crippen MR) is 85.4 cm³/mol. The molecule has 0 saturated heterocycles. The number of anilines is 1. The molecule has 1 atom stereocenters. The molecule has 0 saturated carbocycles. The summed E-state index contributed by atoms with van der Waals surface area (Å²) in [6.07, 6.45) is 1.80. The predicted octanol–water partition coefficient (Wildman–Crippen LogP) is 4.48. The molecule has 1 unspecified atom stereocenters. The standard InChI is InChI=1S/C16H17N3S/c1-10-8-14(12(3)20-10)11(2)18-16-9-17-19-15-7-5-4-6-13(15)16/h4-9,11H,1-3H3,(H,18,19). The van der Waals surface area contributed by atoms with Gasteiger partial charge in [-0.1, -0.05) is 18.2 Å². The molecule has 0 bridgehead atoms. The van der Waals surface area contributed by atoms with E-state index >= 15 is 0 Å². The molecule has 4 heteroatoms. The molecule has 0 amide bonds. The minimum Gasteiger partial charge on any atom is -0.377 e. The van der Waals surface area contributed by atoms with Gasteiger partial charge in [0, 0.05) is 21.2 Å². The highest BCUT2D eigenvalue weighted by atomic mass is 32.1. The molecule has 102 valence electrons. The number of aromatic nitrogens is 2. The second kappa shape index (κ2) is 5.21. The van der Waals surface area contributed by atoms with Crippen molar-refractivity contribution in [2.24, 2.45) is 0 Å². The maximum atomic E-state index is 4.16. The van der Waals surface area contributed by atoms with Crippen LogP contribution in [0.1, 0.15) is 28.3 Å². The summed E-state index contributed by atoms with van der Waals surface area (Å²) in [7, 11) is 0. The zero-order valence-electron chi connectivity index (χ0n) is 11.8. The van der Waals surface area contributed by atoms with E-state index in [1.807, 2.05) is 29.5 Å². The molecule has 0 aliphatic carbocycles. The van der Waals surface area contributed by atoms with Gasteiger partial charge in [0.05, 0.1) is 17.4 Å². The zero-order valence-corrected chi connectivity index (χ0v) is 12.7. The van der Waals surface area contributed by atoms with Crippen molar-refractivity contribution in [3.8, 4) is 0 Å². The normalized spacial score (nSPS) is 12.6. The summed E-state index contributed by atoms with van der Waals surface area (Å²) in [5.74, 6) is 0. The lowest BCUT2D eigenvalue weighted by Gasteiger charge is -2.16. The number of nitrogens with one attached hydrogen (secondary N) is 1. The number of fused-ring (bicyclic) bond motifs is 1. The van der Waals surface area contributed by atoms with Crippen LogP contribution in [0.25, 0.3) is 10.9 Å². The van der Waals surface area contributed by atoms with E-state index in [1.54, 1.807) is 6.20 Å². The molecule has 0 aliphatic heterocycles. The van der Waals surface area contributed by atoms with Crippen LogP contribution in [0.3, 0.4) is 0 Å². The molecular formula is C16H17N3S. The molecule has 20 heavy (non-hydrogen) atoms. The van der Waals surface area contributed by atoms with Crippen LogP contribution in [0, 0.1) is 13.8 Å². The van der Waals surface area contributed by atoms with Gasteiger partial charge < -0.3 is 5.32 Å². The van der Waals surface area contributed by atoms with Crippen LogP contribution in [0.4, 0.5) is 5.69 Å². The van der Waals surface area contributed by atoms with E-state index in [9.17, 15) is 0 Å². The Kier molecular flexibility index (Phi) is 3.40. The van der Waals surface area contributed by atoms with Crippen molar-refractivity contribution in [3.05, 3.63) is 51.8 Å². The smallest absolute Gasteiger partial charge is 0.0950 e. The van der Waals surface area contributed by atoms with E-state index < -0.39 is 0 Å². The molecule has 0 radical (unpaired) electrons. The fraction of sp³-hybridized carbons (Fsp3) is 0.250. The number of aryl methyl sites for hydroxylation is 2. The molecule has 3 aromatic rings. The molecular weight excluding hydrogens is 266 g/mol. The quantitative estimate of drug-likeness (QED) is 0.770. The minimum absolute atomic E-state index is 0.257. The first-order chi connectivity index (χ1) is 9.65. The van der Waals surface area contributed by atoms with Gasteiger partial charge >= 0.3 is 0 Å². The van der Waals surface area contributed by atoms with Crippen molar-refractivity contribution >= 4 is 27.9 Å². The Balaban J connectivity index is 1.95. The third-order valence-corrected chi connectivity index (χ3v) is 4.45. The SMILES string of the molecule is Cc1cc(C(C)Nc2cnnc3ccccc23)c(C)s1. The van der Waals surface area contributed by atoms with Crippen molar-refractivity contribution in [2.45, 2.75) is 26.8 Å². The third kappa shape index (κ3) is 2.39. The van der Waals surface area contributed by atoms with Gasteiger partial charge in [0.2, 0.25) is 0 Å². The van der Waals surface area contributed by atoms with Crippen LogP contribution in [-0.4, -0.2) is 10.2 Å². The average molecular weight is 283 g/mol. The first-order valence-corrected chi connectivity index (χ1v) is 7.50. The Bertz CT molecular complexity index is 743. The summed E-state index contributed by atoms with van der Waals surface area (Å²) in [5.41, 5.74) is 3.31. The summed E-state index contributed by atoms with van der Waals surface area (Å²) in [6.45, 7) is 6.51. The number of benzene rings is 1. The largest absolute Gasteiger partial charge is 0.377 e. The molecule has 0 spiro atoms. The van der Waals surface area contributed by atoms with Gasteiger partial charge in [-0.05, 0) is 38.5 Å². The molecule has 1 N–H and O–H groups in total. The lowest BCUT2D eigenvalue weighted by molar-refractivity contribution is 0.879. The molecule has 1 aromatic carbocycles. The van der Waals surface area contributed by atoms with Gasteiger partial charge in [0.25, 0.3) is 0 Å². The van der Waals surface area contributed by atoms with Crippen LogP contribution >= 0.6 is 11.3 Å². The van der Waals surface area contributed by atoms with Crippen molar-refractivity contribution in [3.63, 3.8) is 0 Å². The Hall–Kier alpha value is -1.94. The highest BCUT2D eigenvalue weighted by molar-refractivity contribution is 7.12. The minimum atomic E-state index is 0.257. The first-order valence-electron chi connectivity index (χ1n) is 6.69. The van der Waals surface area contributed by atoms with Gasteiger partial charge in [-0.15, -0.1) is 11.3 Å². The highest BCUT2D eigenvalue weighted by Gasteiger charge is 2.12. The number of nitrogens with zero attached hydrogens (tertiary/aromatic N) is 2. The zero-order chi connectivity index (χ0) is 14.1. The average Bonchev–Trinajstić information content (AvgIpc) is 2.78. The lowest BCUT2D eigenvalue weighted by atomic mass is 10.1. The maximum absolute atomic E-state index is 4.16. The Morgan fingerprint density at radius 3 is 2.75 bits per heavy atom. The lowest BCUT2D eigenvalue weighted by Crippen LogP contribution is -2.07. The Labute approximate surface area is 122 Å². The van der Waals surface area contributed by atoms with Gasteiger partial charge in [-0.3, -0.25) is 0 Å². The van der Waals surface area contributed by atoms with Gasteiger partial charge in [0.1, 0.15) is 0 Å². The van der Waals surface area contributed by atoms with E-state index in [2.05, 4.69) is 48.4 Å². The molecule has 3 rings (SSSR count). The number of rotatable bonds is 3. The van der Waals surface area contributed by atoms with Crippen molar-refractivity contribution in [1.29, 1.82) is 0 Å². The summed E-state index contributed by atoms with van der Waals surface area (Å²) in [4.78, 5) is 2.72. The molecule has 2 aromatic heterocycles. The summed E-state index contributed by atoms with van der Waals surface area (Å²) in [5, 5.41) is 12.9. The van der Waals surface area contributed by atoms with Crippen LogP contribution in [0.2, 0.25) is 0 Å². The Morgan fingerprint density at radius 2 is 2.00 bits per heavy atom. The van der Waals surface area contributed by atoms with E-state index in [1.165, 1.54) is 15.3 Å². The van der Waals surface area contributed by atoms with Crippen LogP contribution < -0.4 is 5.32 Å². The maximum Gasteiger partial charge on any atom is 0.0950 e. The van der Waals surface area contributed by atoms with E-state index in [4.69, 9.17) is 0 Å². The molecule has 0 fully saturated rings. The van der Waals surface area contributed by atoms with Crippen molar-refractivity contribution in [1.82, 2.24) is 10.2 Å². The van der Waals surface area contributed by atoms with Gasteiger partial charge in [-0.25, -0.2) is 0 Å². The summed E-state index contributed by atoms with van der Waals surface area (Å²) < 4.78 is 0. The van der Waals surface area contributed by atoms with Crippen LogP contribution in [0.15, 0.2) is 36.5 Å². The molecule has 3 nitrogen and oxygen atoms in total. The second-order valence-electron chi connectivity index (χ2n) is 5.01. The monoisotopic (exact) mass is 283 g/mol. The highest BCUT2D eigenvalue weighted by Crippen LogP contribution is 2.30. The first kappa shape index (κ1) is 13.1. The topological polar surface area (TPSA) is 37.8 Å². The molecule has 2 heterocycles. The van der Waals surface area contributed by atoms with Crippen LogP contribution in [-0.2, 0) is 0 Å². The van der Waals surface area contributed by atoms with Crippen LogP contribution in [0.5, 0.6) is 0 Å². The van der Waals surface area contributed by atoms with E-state index in [0.29, 0.717) is 0 Å². The van der Waals surface area contributed by atoms with Gasteiger partial charge in [0.15, 0.2) is 0 Å².